The summed E-state index contributed by atoms with van der Waals surface area (Å²) in [5.74, 6) is 0.0688. The maximum atomic E-state index is 12.4. The van der Waals surface area contributed by atoms with E-state index in [1.54, 1.807) is 0 Å². The molecule has 2 saturated heterocycles. The molecule has 0 spiro atoms. The number of amides is 2. The number of H-pyrrole nitrogens is 1. The van der Waals surface area contributed by atoms with Crippen molar-refractivity contribution < 1.29 is 70.3 Å². The van der Waals surface area contributed by atoms with E-state index in [9.17, 15) is 52.7 Å². The lowest BCUT2D eigenvalue weighted by Crippen LogP contribution is -2.41. The molecule has 2 fully saturated rings. The number of likely N-dealkylation sites (tertiary alicyclic amines) is 1. The Bertz CT molecular complexity index is 3700. The van der Waals surface area contributed by atoms with Gasteiger partial charge in [-0.15, -0.1) is 0 Å². The van der Waals surface area contributed by atoms with E-state index in [-0.39, 0.29) is 36.9 Å². The lowest BCUT2D eigenvalue weighted by atomic mass is 9.93. The third kappa shape index (κ3) is 16.1. The standard InChI is InChI=1S/C33H27N2O.C21H34N5O16P3/c1-34(25-14-8-4-9-15-25)27-18-20-29-31(22-27)36-32-23-28(35(2)26-16-10-5-11-17-26)19-21-30(32)33(29)24-12-6-3-7-13-24;1-25-8-4-13(5-9-25)19(29)23-7-6-22-17(28)3-2-14-11-26(21(31)24-20(14)30)18-10-15(27)16(40-18)12-39-44(35,36)42-45(37,38)41-43(32,33)34/h3-23H,1-2H3;2-3,11,13,15-16,18,27H,4-10,12H2,1H3,(H,22,28)(H,23,29)(H,35,36)(H,37,38)(H,24,30,31)(H2,32,33,34)/q+1;/p-3/b;3-2+/t;15?,16-,18-/m.1/s1. The number of phosphoric ester groups is 1. The maximum Gasteiger partial charge on any atom is 0.330 e. The van der Waals surface area contributed by atoms with Crippen LogP contribution in [0, 0.1) is 5.92 Å². The fourth-order valence-electron chi connectivity index (χ4n) is 9.13. The molecule has 81 heavy (non-hydrogen) atoms. The smallest absolute Gasteiger partial charge is 0.330 e. The lowest BCUT2D eigenvalue weighted by Gasteiger charge is -2.33. The molecule has 1 aromatic heterocycles. The molecule has 9 rings (SSSR count). The van der Waals surface area contributed by atoms with E-state index in [2.05, 4.69) is 168 Å². The number of aliphatic hydroxyl groups excluding tert-OH is 1. The molecule has 4 unspecified atom stereocenters. The van der Waals surface area contributed by atoms with Crippen LogP contribution >= 0.6 is 23.5 Å². The Hall–Kier alpha value is -6.98. The Morgan fingerprint density at radius 1 is 0.852 bits per heavy atom. The zero-order valence-electron chi connectivity index (χ0n) is 44.0. The molecule has 2 amide bonds. The second kappa shape index (κ2) is 26.3. The van der Waals surface area contributed by atoms with Gasteiger partial charge in [0.1, 0.15) is 30.7 Å². The van der Waals surface area contributed by atoms with E-state index >= 15 is 0 Å². The number of hydrogen-bond donors (Lipinski definition) is 5. The van der Waals surface area contributed by atoms with Crippen molar-refractivity contribution in [2.24, 2.45) is 5.92 Å². The minimum Gasteiger partial charge on any atom is -0.756 e. The van der Waals surface area contributed by atoms with E-state index in [0.29, 0.717) is 0 Å². The van der Waals surface area contributed by atoms with Crippen molar-refractivity contribution in [1.82, 2.24) is 29.7 Å². The molecule has 4 aromatic carbocycles. The molecule has 428 valence electrons. The second-order valence-electron chi connectivity index (χ2n) is 19.0. The zero-order chi connectivity index (χ0) is 58.1. The van der Waals surface area contributed by atoms with E-state index in [4.69, 9.17) is 14.0 Å². The number of aromatic amines is 1. The summed E-state index contributed by atoms with van der Waals surface area (Å²) in [7, 11) is -11.8. The van der Waals surface area contributed by atoms with Crippen LogP contribution in [-0.4, -0.2) is 102 Å². The average molecular weight is 1170 g/mol. The number of aromatic nitrogens is 2. The van der Waals surface area contributed by atoms with Crippen LogP contribution in [-0.2, 0) is 41.2 Å². The van der Waals surface area contributed by atoms with Crippen molar-refractivity contribution in [1.29, 1.82) is 0 Å². The Kier molecular flexibility index (Phi) is 19.5. The van der Waals surface area contributed by atoms with E-state index in [1.807, 2.05) is 24.2 Å². The number of fused-ring (bicyclic) bond motifs is 2. The number of ether oxygens (including phenoxy) is 1. The number of rotatable bonds is 18. The Balaban J connectivity index is 0.000000217. The number of phosphoric acid groups is 3. The number of benzene rings is 5. The van der Waals surface area contributed by atoms with Gasteiger partial charge in [-0.25, -0.2) is 13.4 Å². The molecular weight excluding hydrogens is 1110 g/mol. The maximum absolute atomic E-state index is 12.4. The van der Waals surface area contributed by atoms with Crippen molar-refractivity contribution >= 4 is 69.4 Å². The van der Waals surface area contributed by atoms with Gasteiger partial charge in [0.15, 0.2) is 0 Å². The van der Waals surface area contributed by atoms with Crippen LogP contribution in [0.25, 0.3) is 39.5 Å². The van der Waals surface area contributed by atoms with Crippen LogP contribution < -0.4 is 51.4 Å². The topological polar surface area (TPSA) is 333 Å². The van der Waals surface area contributed by atoms with Crippen LogP contribution in [0.2, 0.25) is 0 Å². The number of carbonyl (C=O) groups is 2. The van der Waals surface area contributed by atoms with Gasteiger partial charge in [-0.05, 0) is 75.0 Å². The molecular formula is C54H58N7O17P3-2. The van der Waals surface area contributed by atoms with Gasteiger partial charge in [-0.1, -0.05) is 66.7 Å². The van der Waals surface area contributed by atoms with Gasteiger partial charge in [0.2, 0.25) is 22.9 Å². The number of piperidine rings is 1. The van der Waals surface area contributed by atoms with Crippen LogP contribution in [0.15, 0.2) is 154 Å². The Labute approximate surface area is 464 Å². The zero-order valence-corrected chi connectivity index (χ0v) is 46.7. The molecule has 3 aliphatic heterocycles. The summed E-state index contributed by atoms with van der Waals surface area (Å²) in [6.07, 6.45) is -0.0349. The van der Waals surface area contributed by atoms with E-state index < -0.39 is 65.7 Å². The summed E-state index contributed by atoms with van der Waals surface area (Å²) in [4.78, 5) is 97.4. The summed E-state index contributed by atoms with van der Waals surface area (Å²) in [6.45, 7) is 0.866. The van der Waals surface area contributed by atoms with Crippen LogP contribution in [0.3, 0.4) is 0 Å². The van der Waals surface area contributed by atoms with Crippen LogP contribution in [0.5, 0.6) is 0 Å². The normalized spacial score (nSPS) is 19.4. The molecule has 24 nitrogen and oxygen atoms in total. The van der Waals surface area contributed by atoms with Gasteiger partial charge < -0.3 is 58.8 Å². The molecule has 4 aliphatic rings. The van der Waals surface area contributed by atoms with Gasteiger partial charge in [0, 0.05) is 96.9 Å². The fraction of sp³-hybridized carbons (Fsp3) is 0.278. The summed E-state index contributed by atoms with van der Waals surface area (Å²) in [5.41, 5.74) is 5.63. The van der Waals surface area contributed by atoms with E-state index in [0.717, 1.165) is 93.6 Å². The fourth-order valence-corrected chi connectivity index (χ4v) is 12.0. The predicted molar refractivity (Wildman–Crippen MR) is 294 cm³/mol. The number of hydrogen-bond acceptors (Lipinski definition) is 18. The third-order valence-electron chi connectivity index (χ3n) is 13.3. The van der Waals surface area contributed by atoms with Crippen molar-refractivity contribution in [2.75, 3.05) is 58.8 Å². The number of para-hydroxylation sites is 2. The van der Waals surface area contributed by atoms with Crippen molar-refractivity contribution in [3.8, 4) is 22.5 Å². The van der Waals surface area contributed by atoms with E-state index in [1.165, 1.54) is 11.1 Å². The quantitative estimate of drug-likeness (QED) is 0.0267. The molecule has 0 radical (unpaired) electrons. The Morgan fingerprint density at radius 3 is 2.19 bits per heavy atom. The summed E-state index contributed by atoms with van der Waals surface area (Å²) in [5, 5.41) is 17.7. The molecule has 27 heteroatoms. The van der Waals surface area contributed by atoms with Gasteiger partial charge in [0.05, 0.1) is 24.3 Å². The van der Waals surface area contributed by atoms with Crippen LogP contribution in [0.1, 0.15) is 31.1 Å². The number of carbonyl (C=O) groups excluding carboxylic acids is 2. The average Bonchev–Trinajstić information content (AvgIpc) is 4.00. The minimum absolute atomic E-state index is 0.0885. The van der Waals surface area contributed by atoms with Crippen molar-refractivity contribution in [3.05, 3.63) is 171 Å². The first-order chi connectivity index (χ1) is 38.5. The number of anilines is 2. The number of nitrogens with zero attached hydrogens (tertiary/aromatic N) is 4. The summed E-state index contributed by atoms with van der Waals surface area (Å²) < 4.78 is 59.5. The highest BCUT2D eigenvalue weighted by atomic mass is 31.3. The van der Waals surface area contributed by atoms with Gasteiger partial charge in [0.25, 0.3) is 29.0 Å². The molecule has 0 bridgehead atoms. The monoisotopic (exact) mass is 1170 g/mol. The van der Waals surface area contributed by atoms with Crippen molar-refractivity contribution in [3.63, 3.8) is 0 Å². The molecule has 5 N–H and O–H groups in total. The summed E-state index contributed by atoms with van der Waals surface area (Å²) in [6, 6.07) is 44.3. The third-order valence-corrected chi connectivity index (χ3v) is 17.0. The SMILES string of the molecule is CN(c1ccccc1)c1ccc2c(-c3ccccc3)c3ccc(=[N+](C)c4ccccc4)cc-3oc2c1.CN1CCC(C(=O)NCCNC(=O)/C=C/c2cn([C@H]3CC(O)[C@@H](COP(=O)([O-])OP(=O)([O-])OP(=O)([O-])O)O3)c(=O)[nH]c2=O)CC1. The number of nitrogens with one attached hydrogen (secondary N) is 3. The van der Waals surface area contributed by atoms with Crippen molar-refractivity contribution in [2.45, 2.75) is 37.7 Å². The molecule has 6 atom stereocenters. The second-order valence-corrected chi connectivity index (χ2v) is 23.3. The van der Waals surface area contributed by atoms with Gasteiger partial charge in [-0.3, -0.25) is 37.6 Å². The molecule has 4 heterocycles. The Morgan fingerprint density at radius 2 is 1.51 bits per heavy atom. The predicted octanol–water partition coefficient (Wildman–Crippen LogP) is 3.93. The lowest BCUT2D eigenvalue weighted by molar-refractivity contribution is -0.250. The number of aliphatic hydroxyl groups is 1. The van der Waals surface area contributed by atoms with Gasteiger partial charge >= 0.3 is 5.69 Å². The summed E-state index contributed by atoms with van der Waals surface area (Å²) >= 11 is 0. The highest BCUT2D eigenvalue weighted by Gasteiger charge is 2.37. The highest BCUT2D eigenvalue weighted by molar-refractivity contribution is 7.65. The first-order valence-electron chi connectivity index (χ1n) is 25.3. The molecule has 0 saturated carbocycles. The molecule has 1 aliphatic carbocycles. The first-order valence-corrected chi connectivity index (χ1v) is 29.8. The van der Waals surface area contributed by atoms with Gasteiger partial charge in [-0.2, -0.15) is 4.58 Å². The molecule has 5 aromatic rings. The largest absolute Gasteiger partial charge is 0.756 e. The van der Waals surface area contributed by atoms with Crippen LogP contribution in [0.4, 0.5) is 17.1 Å². The first kappa shape index (κ1) is 60.1. The highest BCUT2D eigenvalue weighted by Crippen LogP contribution is 2.61. The minimum atomic E-state index is -6.13.